The number of nitrogens with one attached hydrogen (secondary N) is 3. The number of anilines is 1. The number of amidine groups is 1. The molecule has 0 aliphatic rings. The van der Waals surface area contributed by atoms with Crippen LogP contribution in [-0.4, -0.2) is 17.5 Å². The first-order valence-electron chi connectivity index (χ1n) is 7.55. The molecule has 0 bridgehead atoms. The SMILES string of the molecule is CC(NC(=O)c1ccc(N/N=C(\C#N)C(=N)N)cc1)c1ccccc1. The van der Waals surface area contributed by atoms with Gasteiger partial charge in [0, 0.05) is 5.56 Å². The number of carbonyl (C=O) groups is 1. The fraction of sp³-hybridized carbons (Fsp3) is 0.111. The van der Waals surface area contributed by atoms with Crippen molar-refractivity contribution in [2.75, 3.05) is 5.43 Å². The van der Waals surface area contributed by atoms with Crippen molar-refractivity contribution < 1.29 is 4.79 Å². The molecule has 126 valence electrons. The number of amides is 1. The van der Waals surface area contributed by atoms with Gasteiger partial charge in [0.2, 0.25) is 5.71 Å². The molecule has 0 spiro atoms. The summed E-state index contributed by atoms with van der Waals surface area (Å²) in [6.45, 7) is 1.92. The van der Waals surface area contributed by atoms with Crippen LogP contribution in [0.25, 0.3) is 0 Å². The van der Waals surface area contributed by atoms with Crippen molar-refractivity contribution in [3.05, 3.63) is 65.7 Å². The third-order valence-electron chi connectivity index (χ3n) is 3.45. The molecular formula is C18H18N6O. The van der Waals surface area contributed by atoms with Gasteiger partial charge in [-0.2, -0.15) is 10.4 Å². The van der Waals surface area contributed by atoms with E-state index in [0.29, 0.717) is 11.3 Å². The van der Waals surface area contributed by atoms with Crippen LogP contribution >= 0.6 is 0 Å². The lowest BCUT2D eigenvalue weighted by atomic mass is 10.1. The molecule has 25 heavy (non-hydrogen) atoms. The maximum absolute atomic E-state index is 12.3. The Labute approximate surface area is 145 Å². The molecule has 0 heterocycles. The van der Waals surface area contributed by atoms with Gasteiger partial charge in [-0.1, -0.05) is 30.3 Å². The van der Waals surface area contributed by atoms with Crippen LogP contribution in [0.5, 0.6) is 0 Å². The Hall–Kier alpha value is -3.66. The highest BCUT2D eigenvalue weighted by atomic mass is 16.1. The number of nitrogens with zero attached hydrogens (tertiary/aromatic N) is 2. The lowest BCUT2D eigenvalue weighted by Gasteiger charge is -2.14. The summed E-state index contributed by atoms with van der Waals surface area (Å²) in [5.41, 5.74) is 9.72. The van der Waals surface area contributed by atoms with Crippen molar-refractivity contribution in [1.82, 2.24) is 5.32 Å². The number of nitrogens with two attached hydrogens (primary N) is 1. The highest BCUT2D eigenvalue weighted by molar-refractivity contribution is 6.45. The second-order valence-electron chi connectivity index (χ2n) is 5.28. The van der Waals surface area contributed by atoms with Crippen molar-refractivity contribution in [3.63, 3.8) is 0 Å². The Kier molecular flexibility index (Phi) is 5.85. The first-order chi connectivity index (χ1) is 12.0. The van der Waals surface area contributed by atoms with E-state index in [1.165, 1.54) is 0 Å². The Balaban J connectivity index is 2.01. The molecule has 2 aromatic carbocycles. The highest BCUT2D eigenvalue weighted by Crippen LogP contribution is 2.14. The highest BCUT2D eigenvalue weighted by Gasteiger charge is 2.11. The molecule has 7 heteroatoms. The molecule has 0 radical (unpaired) electrons. The predicted molar refractivity (Wildman–Crippen MR) is 97.3 cm³/mol. The summed E-state index contributed by atoms with van der Waals surface area (Å²) in [7, 11) is 0. The molecule has 0 fully saturated rings. The summed E-state index contributed by atoms with van der Waals surface area (Å²) in [6, 6.07) is 17.9. The number of hydrazone groups is 1. The summed E-state index contributed by atoms with van der Waals surface area (Å²) in [5, 5.41) is 22.6. The van der Waals surface area contributed by atoms with Gasteiger partial charge < -0.3 is 11.1 Å². The molecule has 0 aliphatic carbocycles. The molecule has 0 aromatic heterocycles. The summed E-state index contributed by atoms with van der Waals surface area (Å²) in [6.07, 6.45) is 0. The molecule has 1 atom stereocenters. The Morgan fingerprint density at radius 3 is 2.40 bits per heavy atom. The van der Waals surface area contributed by atoms with Crippen LogP contribution in [0.1, 0.15) is 28.9 Å². The van der Waals surface area contributed by atoms with Crippen LogP contribution in [-0.2, 0) is 0 Å². The van der Waals surface area contributed by atoms with Crippen LogP contribution in [0.3, 0.4) is 0 Å². The summed E-state index contributed by atoms with van der Waals surface area (Å²) in [4.78, 5) is 12.3. The number of benzene rings is 2. The number of rotatable bonds is 6. The normalized spacial score (nSPS) is 11.9. The van der Waals surface area contributed by atoms with Crippen LogP contribution in [0.15, 0.2) is 59.7 Å². The molecule has 2 aromatic rings. The molecular weight excluding hydrogens is 316 g/mol. The third kappa shape index (κ3) is 4.91. The minimum atomic E-state index is -0.416. The van der Waals surface area contributed by atoms with Crippen molar-refractivity contribution in [1.29, 1.82) is 10.7 Å². The van der Waals surface area contributed by atoms with Gasteiger partial charge in [-0.25, -0.2) is 0 Å². The van der Waals surface area contributed by atoms with E-state index >= 15 is 0 Å². The van der Waals surface area contributed by atoms with E-state index in [-0.39, 0.29) is 17.7 Å². The first-order valence-corrected chi connectivity index (χ1v) is 7.55. The fourth-order valence-electron chi connectivity index (χ4n) is 2.07. The van der Waals surface area contributed by atoms with E-state index in [1.54, 1.807) is 30.3 Å². The average molecular weight is 334 g/mol. The largest absolute Gasteiger partial charge is 0.382 e. The summed E-state index contributed by atoms with van der Waals surface area (Å²) in [5.74, 6) is -0.603. The topological polar surface area (TPSA) is 127 Å². The average Bonchev–Trinajstić information content (AvgIpc) is 2.63. The van der Waals surface area contributed by atoms with Gasteiger partial charge in [-0.05, 0) is 36.8 Å². The van der Waals surface area contributed by atoms with Gasteiger partial charge in [-0.3, -0.25) is 15.6 Å². The molecule has 2 rings (SSSR count). The summed E-state index contributed by atoms with van der Waals surface area (Å²) >= 11 is 0. The van der Waals surface area contributed by atoms with E-state index in [2.05, 4.69) is 15.8 Å². The Morgan fingerprint density at radius 1 is 1.20 bits per heavy atom. The van der Waals surface area contributed by atoms with Crippen molar-refractivity contribution >= 4 is 23.1 Å². The van der Waals surface area contributed by atoms with Crippen LogP contribution in [0.4, 0.5) is 5.69 Å². The number of hydrogen-bond donors (Lipinski definition) is 4. The number of carbonyl (C=O) groups excluding carboxylic acids is 1. The third-order valence-corrected chi connectivity index (χ3v) is 3.45. The van der Waals surface area contributed by atoms with E-state index < -0.39 is 5.84 Å². The van der Waals surface area contributed by atoms with Gasteiger partial charge in [-0.15, -0.1) is 0 Å². The Morgan fingerprint density at radius 2 is 1.84 bits per heavy atom. The Bertz CT molecular complexity index is 821. The van der Waals surface area contributed by atoms with Crippen molar-refractivity contribution in [2.45, 2.75) is 13.0 Å². The smallest absolute Gasteiger partial charge is 0.251 e. The molecule has 5 N–H and O–H groups in total. The van der Waals surface area contributed by atoms with Gasteiger partial charge in [0.15, 0.2) is 5.84 Å². The van der Waals surface area contributed by atoms with Gasteiger partial charge in [0.25, 0.3) is 5.91 Å². The van der Waals surface area contributed by atoms with E-state index in [9.17, 15) is 4.79 Å². The quantitative estimate of drug-likeness (QED) is 0.367. The molecule has 0 aliphatic heterocycles. The van der Waals surface area contributed by atoms with E-state index in [1.807, 2.05) is 37.3 Å². The zero-order valence-corrected chi connectivity index (χ0v) is 13.7. The molecule has 1 unspecified atom stereocenters. The van der Waals surface area contributed by atoms with Gasteiger partial charge in [0.05, 0.1) is 11.7 Å². The van der Waals surface area contributed by atoms with E-state index in [4.69, 9.17) is 16.4 Å². The second kappa shape index (κ2) is 8.26. The lowest BCUT2D eigenvalue weighted by molar-refractivity contribution is 0.0940. The van der Waals surface area contributed by atoms with Gasteiger partial charge >= 0.3 is 0 Å². The molecule has 0 saturated heterocycles. The van der Waals surface area contributed by atoms with Crippen LogP contribution in [0.2, 0.25) is 0 Å². The van der Waals surface area contributed by atoms with Gasteiger partial charge in [0.1, 0.15) is 6.07 Å². The number of nitriles is 1. The monoisotopic (exact) mass is 334 g/mol. The zero-order chi connectivity index (χ0) is 18.2. The second-order valence-corrected chi connectivity index (χ2v) is 5.28. The van der Waals surface area contributed by atoms with Crippen molar-refractivity contribution in [2.24, 2.45) is 10.8 Å². The molecule has 1 amide bonds. The van der Waals surface area contributed by atoms with Crippen molar-refractivity contribution in [3.8, 4) is 6.07 Å². The minimum absolute atomic E-state index is 0.107. The molecule has 7 nitrogen and oxygen atoms in total. The first kappa shape index (κ1) is 17.7. The maximum Gasteiger partial charge on any atom is 0.251 e. The standard InChI is InChI=1S/C18H18N6O/c1-12(13-5-3-2-4-6-13)22-18(25)14-7-9-15(10-8-14)23-24-16(11-19)17(20)21/h2-10,12,23H,1H3,(H3,20,21)(H,22,25)/b24-16+. The van der Waals surface area contributed by atoms with E-state index in [0.717, 1.165) is 5.56 Å². The lowest BCUT2D eigenvalue weighted by Crippen LogP contribution is -2.26. The van der Waals surface area contributed by atoms with Crippen LogP contribution in [0, 0.1) is 16.7 Å². The van der Waals surface area contributed by atoms with Crippen LogP contribution < -0.4 is 16.5 Å². The zero-order valence-electron chi connectivity index (χ0n) is 13.7. The number of hydrogen-bond acceptors (Lipinski definition) is 5. The fourth-order valence-corrected chi connectivity index (χ4v) is 2.07. The summed E-state index contributed by atoms with van der Waals surface area (Å²) < 4.78 is 0. The minimum Gasteiger partial charge on any atom is -0.382 e. The maximum atomic E-state index is 12.3. The predicted octanol–water partition coefficient (Wildman–Crippen LogP) is 2.41. The molecule has 0 saturated carbocycles.